The molecule has 0 aromatic rings. The van der Waals surface area contributed by atoms with E-state index >= 15 is 0 Å². The maximum atomic E-state index is 6.03. The van der Waals surface area contributed by atoms with Gasteiger partial charge < -0.3 is 9.10 Å². The standard InChI is InChI=1S/C7H21NOSi2/c1-7-8-11(5,6)9-10(2,3)4/h8H,7H2,1-6H3. The molecule has 0 atom stereocenters. The van der Waals surface area contributed by atoms with Crippen LogP contribution in [-0.2, 0) is 4.12 Å². The van der Waals surface area contributed by atoms with Gasteiger partial charge in [-0.1, -0.05) is 6.92 Å². The minimum Gasteiger partial charge on any atom is -0.445 e. The van der Waals surface area contributed by atoms with Crippen LogP contribution in [-0.4, -0.2) is 23.3 Å². The lowest BCUT2D eigenvalue weighted by Gasteiger charge is -2.31. The maximum Gasteiger partial charge on any atom is 0.251 e. The molecule has 0 heterocycles. The molecule has 0 unspecified atom stereocenters. The van der Waals surface area contributed by atoms with Gasteiger partial charge >= 0.3 is 0 Å². The monoisotopic (exact) mass is 191 g/mol. The number of hydrogen-bond donors (Lipinski definition) is 1. The lowest BCUT2D eigenvalue weighted by atomic mass is 10.8. The Morgan fingerprint density at radius 1 is 1.09 bits per heavy atom. The van der Waals surface area contributed by atoms with E-state index in [9.17, 15) is 0 Å². The van der Waals surface area contributed by atoms with Gasteiger partial charge in [0.25, 0.3) is 8.48 Å². The second kappa shape index (κ2) is 3.84. The van der Waals surface area contributed by atoms with Crippen LogP contribution in [0.3, 0.4) is 0 Å². The van der Waals surface area contributed by atoms with Crippen LogP contribution in [0.15, 0.2) is 0 Å². The van der Waals surface area contributed by atoms with Crippen molar-refractivity contribution in [2.75, 3.05) is 6.54 Å². The summed E-state index contributed by atoms with van der Waals surface area (Å²) in [5, 5.41) is 0. The summed E-state index contributed by atoms with van der Waals surface area (Å²) >= 11 is 0. The normalized spacial score (nSPS) is 13.6. The number of hydrogen-bond acceptors (Lipinski definition) is 2. The van der Waals surface area contributed by atoms with Gasteiger partial charge in [0.2, 0.25) is 0 Å². The molecule has 0 saturated heterocycles. The SMILES string of the molecule is CCN[Si](C)(C)O[Si](C)(C)C. The first kappa shape index (κ1) is 11.4. The third kappa shape index (κ3) is 6.74. The molecule has 0 fully saturated rings. The van der Waals surface area contributed by atoms with Crippen molar-refractivity contribution in [2.24, 2.45) is 0 Å². The van der Waals surface area contributed by atoms with Crippen LogP contribution in [0.1, 0.15) is 6.92 Å². The minimum absolute atomic E-state index is 1.02. The van der Waals surface area contributed by atoms with Crippen LogP contribution in [0.25, 0.3) is 0 Å². The van der Waals surface area contributed by atoms with E-state index in [4.69, 9.17) is 4.12 Å². The van der Waals surface area contributed by atoms with E-state index in [1.54, 1.807) is 0 Å². The lowest BCUT2D eigenvalue weighted by Crippen LogP contribution is -2.53. The van der Waals surface area contributed by atoms with Gasteiger partial charge in [-0.05, 0) is 39.3 Å². The zero-order chi connectivity index (χ0) is 9.12. The van der Waals surface area contributed by atoms with Crippen LogP contribution in [0.4, 0.5) is 0 Å². The first-order valence-corrected chi connectivity index (χ1v) is 10.5. The van der Waals surface area contributed by atoms with Crippen molar-refractivity contribution < 1.29 is 4.12 Å². The van der Waals surface area contributed by atoms with Gasteiger partial charge in [-0.15, -0.1) is 0 Å². The molecule has 0 aliphatic heterocycles. The minimum atomic E-state index is -1.53. The van der Waals surface area contributed by atoms with Crippen molar-refractivity contribution in [2.45, 2.75) is 39.7 Å². The largest absolute Gasteiger partial charge is 0.445 e. The molecule has 0 aromatic heterocycles. The number of rotatable bonds is 4. The quantitative estimate of drug-likeness (QED) is 0.688. The first-order chi connectivity index (χ1) is 4.77. The molecular formula is C7H21NOSi2. The van der Waals surface area contributed by atoms with E-state index in [1.165, 1.54) is 0 Å². The Labute approximate surface area is 72.7 Å². The van der Waals surface area contributed by atoms with Gasteiger partial charge in [0.1, 0.15) is 0 Å². The van der Waals surface area contributed by atoms with E-state index in [0.29, 0.717) is 0 Å². The molecule has 0 spiro atoms. The first-order valence-electron chi connectivity index (χ1n) is 4.22. The van der Waals surface area contributed by atoms with Gasteiger partial charge in [0.05, 0.1) is 0 Å². The van der Waals surface area contributed by atoms with Crippen molar-refractivity contribution in [3.8, 4) is 0 Å². The Hall–Kier alpha value is 0.354. The van der Waals surface area contributed by atoms with Crippen molar-refractivity contribution >= 4 is 16.8 Å². The zero-order valence-corrected chi connectivity index (χ0v) is 10.6. The zero-order valence-electron chi connectivity index (χ0n) is 8.62. The van der Waals surface area contributed by atoms with Crippen LogP contribution in [0.2, 0.25) is 32.7 Å². The summed E-state index contributed by atoms with van der Waals surface area (Å²) in [6, 6.07) is 0. The second-order valence-corrected chi connectivity index (χ2v) is 12.7. The van der Waals surface area contributed by atoms with E-state index in [2.05, 4.69) is 44.6 Å². The smallest absolute Gasteiger partial charge is 0.251 e. The van der Waals surface area contributed by atoms with E-state index in [1.807, 2.05) is 0 Å². The summed E-state index contributed by atoms with van der Waals surface area (Å²) < 4.78 is 6.03. The van der Waals surface area contributed by atoms with Gasteiger partial charge in [0.15, 0.2) is 8.32 Å². The summed E-state index contributed by atoms with van der Waals surface area (Å²) in [7, 11) is -2.86. The fourth-order valence-electron chi connectivity index (χ4n) is 1.23. The second-order valence-electron chi connectivity index (χ2n) is 4.26. The van der Waals surface area contributed by atoms with Crippen molar-refractivity contribution in [3.63, 3.8) is 0 Å². The Kier molecular flexibility index (Phi) is 3.97. The highest BCUT2D eigenvalue weighted by Crippen LogP contribution is 2.10. The molecule has 11 heavy (non-hydrogen) atoms. The third-order valence-corrected chi connectivity index (χ3v) is 6.86. The Bertz CT molecular complexity index is 120. The Morgan fingerprint density at radius 2 is 1.55 bits per heavy atom. The lowest BCUT2D eigenvalue weighted by molar-refractivity contribution is 0.529. The fourth-order valence-corrected chi connectivity index (χ4v) is 8.49. The average molecular weight is 191 g/mol. The molecule has 2 nitrogen and oxygen atoms in total. The maximum absolute atomic E-state index is 6.03. The predicted octanol–water partition coefficient (Wildman–Crippen LogP) is 2.15. The van der Waals surface area contributed by atoms with Gasteiger partial charge in [-0.3, -0.25) is 0 Å². The molecule has 68 valence electrons. The van der Waals surface area contributed by atoms with E-state index in [-0.39, 0.29) is 0 Å². The summed E-state index contributed by atoms with van der Waals surface area (Å²) in [6.07, 6.45) is 0. The van der Waals surface area contributed by atoms with Crippen molar-refractivity contribution in [1.29, 1.82) is 0 Å². The molecule has 1 N–H and O–H groups in total. The van der Waals surface area contributed by atoms with Crippen LogP contribution in [0.5, 0.6) is 0 Å². The van der Waals surface area contributed by atoms with Gasteiger partial charge in [0, 0.05) is 0 Å². The molecule has 4 heteroatoms. The molecule has 0 amide bonds. The molecule has 0 aromatic carbocycles. The molecule has 0 rings (SSSR count). The highest BCUT2D eigenvalue weighted by Gasteiger charge is 2.28. The molecule has 0 saturated carbocycles. The van der Waals surface area contributed by atoms with Crippen molar-refractivity contribution in [3.05, 3.63) is 0 Å². The summed E-state index contributed by atoms with van der Waals surface area (Å²) in [5.74, 6) is 0. The number of nitrogens with one attached hydrogen (secondary N) is 1. The molecular weight excluding hydrogens is 170 g/mol. The van der Waals surface area contributed by atoms with E-state index < -0.39 is 16.8 Å². The average Bonchev–Trinajstić information content (AvgIpc) is 1.55. The van der Waals surface area contributed by atoms with Crippen molar-refractivity contribution in [1.82, 2.24) is 4.98 Å². The summed E-state index contributed by atoms with van der Waals surface area (Å²) in [4.78, 5) is 3.43. The van der Waals surface area contributed by atoms with Gasteiger partial charge in [-0.25, -0.2) is 0 Å². The highest BCUT2D eigenvalue weighted by atomic mass is 28.4. The fraction of sp³-hybridized carbons (Fsp3) is 1.00. The molecule has 0 aliphatic rings. The Balaban J connectivity index is 3.91. The van der Waals surface area contributed by atoms with Crippen LogP contribution < -0.4 is 4.98 Å². The predicted molar refractivity (Wildman–Crippen MR) is 55.6 cm³/mol. The highest BCUT2D eigenvalue weighted by molar-refractivity contribution is 6.83. The summed E-state index contributed by atoms with van der Waals surface area (Å²) in [5.41, 5.74) is 0. The third-order valence-electron chi connectivity index (χ3n) is 1.16. The van der Waals surface area contributed by atoms with Crippen LogP contribution in [0, 0.1) is 0 Å². The molecule has 0 aliphatic carbocycles. The van der Waals surface area contributed by atoms with Gasteiger partial charge in [-0.2, -0.15) is 0 Å². The van der Waals surface area contributed by atoms with Crippen LogP contribution >= 0.6 is 0 Å². The van der Waals surface area contributed by atoms with E-state index in [0.717, 1.165) is 6.54 Å². The topological polar surface area (TPSA) is 21.3 Å². The Morgan fingerprint density at radius 3 is 1.82 bits per heavy atom. The summed E-state index contributed by atoms with van der Waals surface area (Å²) in [6.45, 7) is 14.3. The molecule has 0 radical (unpaired) electrons. The molecule has 0 bridgehead atoms.